The molecule has 1 heteroatoms. The van der Waals surface area contributed by atoms with Gasteiger partial charge in [0.15, 0.2) is 0 Å². The molecule has 13 rings (SSSR count). The number of rotatable bonds is 6. The predicted octanol–water partition coefficient (Wildman–Crippen LogP) is 16.3. The Hall–Kier alpha value is -6.18. The van der Waals surface area contributed by atoms with Gasteiger partial charge in [-0.25, -0.2) is 0 Å². The highest BCUT2D eigenvalue weighted by Crippen LogP contribution is 2.70. The molecule has 4 fully saturated rings. The van der Waals surface area contributed by atoms with Crippen molar-refractivity contribution in [2.24, 2.45) is 23.7 Å². The smallest absolute Gasteiger partial charge is 0.0543 e. The van der Waals surface area contributed by atoms with E-state index < -0.39 is 0 Å². The van der Waals surface area contributed by atoms with Gasteiger partial charge in [0.05, 0.1) is 5.69 Å². The van der Waals surface area contributed by atoms with Crippen molar-refractivity contribution in [1.82, 2.24) is 0 Å². The lowest BCUT2D eigenvalue weighted by Gasteiger charge is -2.61. The highest BCUT2D eigenvalue weighted by atomic mass is 15.1. The van der Waals surface area contributed by atoms with Crippen LogP contribution in [0.5, 0.6) is 0 Å². The molecule has 4 saturated carbocycles. The Morgan fingerprint density at radius 3 is 1.56 bits per heavy atom. The molecule has 0 N–H and O–H groups in total. The zero-order chi connectivity index (χ0) is 41.0. The molecule has 5 aliphatic rings. The van der Waals surface area contributed by atoms with Gasteiger partial charge in [0.2, 0.25) is 0 Å². The summed E-state index contributed by atoms with van der Waals surface area (Å²) in [4.78, 5) is 2.47. The molecule has 8 aromatic rings. The van der Waals surface area contributed by atoms with Crippen LogP contribution in [0.2, 0.25) is 0 Å². The molecule has 0 heterocycles. The summed E-state index contributed by atoms with van der Waals surface area (Å²) in [5, 5.41) is 2.61. The summed E-state index contributed by atoms with van der Waals surface area (Å²) in [5.74, 6) is 3.15. The number of anilines is 3. The third kappa shape index (κ3) is 5.73. The molecule has 0 radical (unpaired) electrons. The first kappa shape index (κ1) is 36.7. The molecule has 0 amide bonds. The number of hydrogen-bond donors (Lipinski definition) is 0. The van der Waals surface area contributed by atoms with Crippen molar-refractivity contribution in [2.45, 2.75) is 65.2 Å². The molecule has 0 unspecified atom stereocenters. The Morgan fingerprint density at radius 2 is 0.934 bits per heavy atom. The first-order valence-electron chi connectivity index (χ1n) is 22.7. The van der Waals surface area contributed by atoms with Gasteiger partial charge in [0, 0.05) is 22.2 Å². The Morgan fingerprint density at radius 1 is 0.410 bits per heavy atom. The first-order chi connectivity index (χ1) is 29.8. The maximum atomic E-state index is 2.69. The second-order valence-electron chi connectivity index (χ2n) is 19.3. The van der Waals surface area contributed by atoms with Crippen LogP contribution in [0.1, 0.15) is 65.5 Å². The standard InChI is InChI=1S/C60H53N/c1-37-13-20-50(21-14-37)61(51-22-15-38(2)16-23-51)58-28-40(4)59(54-24-17-39(3)27-55(54)58)47-19-26-53-52-25-18-46(45-12-8-11-44(34-45)43-9-6-5-7-10-43)35-56(52)60(57(53)36-47)48-30-41-29-42(32-48)33-49(60)31-41/h5-28,34-36,41-42,48-49H,29-33H2,1-4H3. The van der Waals surface area contributed by atoms with E-state index in [0.717, 1.165) is 11.8 Å². The van der Waals surface area contributed by atoms with Gasteiger partial charge < -0.3 is 4.90 Å². The number of aryl methyl sites for hydroxylation is 4. The van der Waals surface area contributed by atoms with Crippen molar-refractivity contribution in [3.8, 4) is 44.5 Å². The number of nitrogens with zero attached hydrogens (tertiary/aromatic N) is 1. The van der Waals surface area contributed by atoms with Crippen LogP contribution in [0.15, 0.2) is 164 Å². The highest BCUT2D eigenvalue weighted by Gasteiger charge is 2.61. The minimum atomic E-state index is 0.0507. The van der Waals surface area contributed by atoms with E-state index in [1.165, 1.54) is 127 Å². The Balaban J connectivity index is 1.04. The molecule has 5 aliphatic carbocycles. The average molecular weight is 788 g/mol. The maximum Gasteiger partial charge on any atom is 0.0543 e. The summed E-state index contributed by atoms with van der Waals surface area (Å²) >= 11 is 0. The monoisotopic (exact) mass is 787 g/mol. The summed E-state index contributed by atoms with van der Waals surface area (Å²) in [6.07, 6.45) is 6.93. The maximum absolute atomic E-state index is 2.69. The van der Waals surface area contributed by atoms with E-state index in [1.807, 2.05) is 0 Å². The van der Waals surface area contributed by atoms with Gasteiger partial charge in [0.1, 0.15) is 0 Å². The van der Waals surface area contributed by atoms with Gasteiger partial charge in [-0.15, -0.1) is 0 Å². The second-order valence-corrected chi connectivity index (χ2v) is 19.3. The SMILES string of the molecule is Cc1ccc(N(c2ccc(C)cc2)c2cc(C)c(-c3ccc4c(c3)C3(c5cc(-c6cccc(-c7ccccc7)c6)ccc5-4)C4CC5CC(C4)CC3C5)c3ccc(C)cc23)cc1. The molecular weight excluding hydrogens is 735 g/mol. The van der Waals surface area contributed by atoms with Crippen LogP contribution in [0.25, 0.3) is 55.3 Å². The summed E-state index contributed by atoms with van der Waals surface area (Å²) in [6, 6.07) is 62.9. The van der Waals surface area contributed by atoms with Gasteiger partial charge >= 0.3 is 0 Å². The van der Waals surface area contributed by atoms with Crippen molar-refractivity contribution in [3.63, 3.8) is 0 Å². The minimum absolute atomic E-state index is 0.0507. The molecule has 8 aromatic carbocycles. The fraction of sp³-hybridized carbons (Fsp3) is 0.233. The highest BCUT2D eigenvalue weighted by molar-refractivity contribution is 6.08. The third-order valence-corrected chi connectivity index (χ3v) is 15.5. The normalized spacial score (nSPS) is 21.8. The quantitative estimate of drug-likeness (QED) is 0.162. The summed E-state index contributed by atoms with van der Waals surface area (Å²) in [6.45, 7) is 8.92. The Kier molecular flexibility index (Phi) is 8.37. The average Bonchev–Trinajstić information content (AvgIpc) is 3.56. The van der Waals surface area contributed by atoms with Crippen molar-refractivity contribution < 1.29 is 0 Å². The third-order valence-electron chi connectivity index (χ3n) is 15.5. The van der Waals surface area contributed by atoms with E-state index in [2.05, 4.69) is 196 Å². The molecule has 4 bridgehead atoms. The Labute approximate surface area is 361 Å². The van der Waals surface area contributed by atoms with Crippen LogP contribution in [-0.2, 0) is 5.41 Å². The zero-order valence-corrected chi connectivity index (χ0v) is 35.9. The van der Waals surface area contributed by atoms with Crippen molar-refractivity contribution in [2.75, 3.05) is 4.90 Å². The Bertz CT molecular complexity index is 2930. The minimum Gasteiger partial charge on any atom is -0.310 e. The van der Waals surface area contributed by atoms with E-state index in [1.54, 1.807) is 11.1 Å². The second kappa shape index (κ2) is 13.9. The molecule has 0 aromatic heterocycles. The number of hydrogen-bond acceptors (Lipinski definition) is 1. The summed E-state index contributed by atoms with van der Waals surface area (Å²) in [7, 11) is 0. The molecule has 298 valence electrons. The largest absolute Gasteiger partial charge is 0.310 e. The van der Waals surface area contributed by atoms with Crippen molar-refractivity contribution in [3.05, 3.63) is 197 Å². The van der Waals surface area contributed by atoms with Gasteiger partial charge in [0.25, 0.3) is 0 Å². The van der Waals surface area contributed by atoms with Crippen LogP contribution >= 0.6 is 0 Å². The lowest BCUT2D eigenvalue weighted by Crippen LogP contribution is -2.55. The van der Waals surface area contributed by atoms with E-state index in [0.29, 0.717) is 11.8 Å². The number of fused-ring (bicyclic) bond motifs is 4. The lowest BCUT2D eigenvalue weighted by molar-refractivity contribution is -0.0399. The van der Waals surface area contributed by atoms with Crippen LogP contribution in [0.4, 0.5) is 17.1 Å². The summed E-state index contributed by atoms with van der Waals surface area (Å²) in [5.41, 5.74) is 22.8. The van der Waals surface area contributed by atoms with Gasteiger partial charge in [-0.1, -0.05) is 126 Å². The molecular formula is C60H53N. The fourth-order valence-corrected chi connectivity index (χ4v) is 13.1. The first-order valence-corrected chi connectivity index (χ1v) is 22.7. The molecule has 0 aliphatic heterocycles. The molecule has 0 atom stereocenters. The van der Waals surface area contributed by atoms with Crippen LogP contribution in [0, 0.1) is 51.4 Å². The molecule has 61 heavy (non-hydrogen) atoms. The number of benzene rings is 8. The summed E-state index contributed by atoms with van der Waals surface area (Å²) < 4.78 is 0. The fourth-order valence-electron chi connectivity index (χ4n) is 13.1. The van der Waals surface area contributed by atoms with Crippen LogP contribution < -0.4 is 4.90 Å². The van der Waals surface area contributed by atoms with Gasteiger partial charge in [-0.05, 0) is 205 Å². The van der Waals surface area contributed by atoms with Gasteiger partial charge in [-0.3, -0.25) is 0 Å². The van der Waals surface area contributed by atoms with E-state index >= 15 is 0 Å². The topological polar surface area (TPSA) is 3.24 Å². The lowest BCUT2D eigenvalue weighted by atomic mass is 9.43. The predicted molar refractivity (Wildman–Crippen MR) is 257 cm³/mol. The van der Waals surface area contributed by atoms with Crippen LogP contribution in [0.3, 0.4) is 0 Å². The zero-order valence-electron chi connectivity index (χ0n) is 35.9. The van der Waals surface area contributed by atoms with E-state index in [4.69, 9.17) is 0 Å². The van der Waals surface area contributed by atoms with E-state index in [9.17, 15) is 0 Å². The van der Waals surface area contributed by atoms with Crippen molar-refractivity contribution >= 4 is 27.8 Å². The van der Waals surface area contributed by atoms with Gasteiger partial charge in [-0.2, -0.15) is 0 Å². The van der Waals surface area contributed by atoms with E-state index in [-0.39, 0.29) is 5.41 Å². The van der Waals surface area contributed by atoms with Crippen molar-refractivity contribution in [1.29, 1.82) is 0 Å². The van der Waals surface area contributed by atoms with Crippen LogP contribution in [-0.4, -0.2) is 0 Å². The molecule has 1 nitrogen and oxygen atoms in total. The molecule has 0 saturated heterocycles. The molecule has 1 spiro atoms.